The Balaban J connectivity index is 2.37. The van der Waals surface area contributed by atoms with Gasteiger partial charge in [0.25, 0.3) is 0 Å². The number of nitrogen functional groups attached to an aromatic ring is 1. The molecule has 0 radical (unpaired) electrons. The lowest BCUT2D eigenvalue weighted by Gasteiger charge is -2.01. The quantitative estimate of drug-likeness (QED) is 0.531. The highest BCUT2D eigenvalue weighted by Gasteiger charge is 2.13. The maximum absolute atomic E-state index is 11.3. The van der Waals surface area contributed by atoms with Crippen LogP contribution in [0.5, 0.6) is 0 Å². The van der Waals surface area contributed by atoms with Crippen LogP contribution in [0, 0.1) is 10.7 Å². The molecule has 0 amide bonds. The van der Waals surface area contributed by atoms with Gasteiger partial charge in [-0.2, -0.15) is 5.26 Å². The summed E-state index contributed by atoms with van der Waals surface area (Å²) < 4.78 is 5.37. The SMILES string of the molecule is COC(=O)c1ccc(-c2nc(N)sc2SC#N)cc1. The van der Waals surface area contributed by atoms with E-state index in [4.69, 9.17) is 11.0 Å². The standard InChI is InChI=1S/C12H9N3O2S2/c1-17-10(16)8-4-2-7(3-5-8)9-11(18-6-13)19-12(14)15-9/h2-5H,1H3,(H2,14,15). The van der Waals surface area contributed by atoms with Crippen molar-refractivity contribution in [3.8, 4) is 16.7 Å². The van der Waals surface area contributed by atoms with E-state index in [9.17, 15) is 4.79 Å². The summed E-state index contributed by atoms with van der Waals surface area (Å²) in [4.78, 5) is 15.5. The number of hydrogen-bond acceptors (Lipinski definition) is 7. The van der Waals surface area contributed by atoms with Crippen molar-refractivity contribution in [3.63, 3.8) is 0 Å². The minimum atomic E-state index is -0.393. The topological polar surface area (TPSA) is 89.0 Å². The van der Waals surface area contributed by atoms with E-state index in [1.807, 2.05) is 5.40 Å². The third-order valence-electron chi connectivity index (χ3n) is 2.33. The Kier molecular flexibility index (Phi) is 4.04. The fourth-order valence-corrected chi connectivity index (χ4v) is 2.96. The number of anilines is 1. The van der Waals surface area contributed by atoms with Gasteiger partial charge in [0.05, 0.1) is 18.4 Å². The van der Waals surface area contributed by atoms with Crippen LogP contribution in [-0.2, 0) is 4.74 Å². The number of nitrogens with zero attached hydrogens (tertiary/aromatic N) is 2. The lowest BCUT2D eigenvalue weighted by atomic mass is 10.1. The van der Waals surface area contributed by atoms with Gasteiger partial charge in [0, 0.05) is 17.3 Å². The zero-order valence-electron chi connectivity index (χ0n) is 9.91. The number of rotatable bonds is 3. The van der Waals surface area contributed by atoms with Crippen molar-refractivity contribution in [1.82, 2.24) is 4.98 Å². The first-order valence-corrected chi connectivity index (χ1v) is 6.80. The zero-order chi connectivity index (χ0) is 13.8. The fourth-order valence-electron chi connectivity index (χ4n) is 1.50. The number of nitrogens with two attached hydrogens (primary N) is 1. The lowest BCUT2D eigenvalue weighted by molar-refractivity contribution is 0.0601. The third-order valence-corrected chi connectivity index (χ3v) is 3.98. The van der Waals surface area contributed by atoms with Crippen molar-refractivity contribution >= 4 is 34.2 Å². The smallest absolute Gasteiger partial charge is 0.337 e. The van der Waals surface area contributed by atoms with Gasteiger partial charge in [0.2, 0.25) is 0 Å². The molecule has 0 aliphatic rings. The highest BCUT2D eigenvalue weighted by molar-refractivity contribution is 8.05. The lowest BCUT2D eigenvalue weighted by Crippen LogP contribution is -2.00. The average Bonchev–Trinajstić information content (AvgIpc) is 2.79. The minimum Gasteiger partial charge on any atom is -0.465 e. The molecule has 0 atom stereocenters. The predicted octanol–water partition coefficient (Wildman–Crippen LogP) is 2.75. The predicted molar refractivity (Wildman–Crippen MR) is 74.8 cm³/mol. The number of ether oxygens (including phenoxy) is 1. The maximum atomic E-state index is 11.3. The van der Waals surface area contributed by atoms with Gasteiger partial charge in [-0.25, -0.2) is 9.78 Å². The van der Waals surface area contributed by atoms with Crippen LogP contribution in [0.3, 0.4) is 0 Å². The van der Waals surface area contributed by atoms with Crippen LogP contribution >= 0.6 is 23.1 Å². The number of thiazole rings is 1. The molecule has 1 heterocycles. The first-order chi connectivity index (χ1) is 9.15. The zero-order valence-corrected chi connectivity index (χ0v) is 11.5. The molecule has 0 spiro atoms. The summed E-state index contributed by atoms with van der Waals surface area (Å²) in [5, 5.41) is 11.1. The molecular formula is C12H9N3O2S2. The largest absolute Gasteiger partial charge is 0.465 e. The van der Waals surface area contributed by atoms with Gasteiger partial charge in [-0.1, -0.05) is 23.5 Å². The Morgan fingerprint density at radius 1 is 1.47 bits per heavy atom. The van der Waals surface area contributed by atoms with Crippen molar-refractivity contribution in [1.29, 1.82) is 5.26 Å². The Morgan fingerprint density at radius 3 is 2.74 bits per heavy atom. The number of esters is 1. The van der Waals surface area contributed by atoms with Crippen LogP contribution in [0.1, 0.15) is 10.4 Å². The van der Waals surface area contributed by atoms with E-state index >= 15 is 0 Å². The van der Waals surface area contributed by atoms with Crippen LogP contribution in [0.15, 0.2) is 28.5 Å². The van der Waals surface area contributed by atoms with E-state index in [0.29, 0.717) is 16.4 Å². The number of aromatic nitrogens is 1. The van der Waals surface area contributed by atoms with Crippen molar-refractivity contribution in [3.05, 3.63) is 29.8 Å². The second kappa shape index (κ2) is 5.73. The molecule has 2 N–H and O–H groups in total. The molecule has 0 fully saturated rings. The van der Waals surface area contributed by atoms with Crippen LogP contribution < -0.4 is 5.73 Å². The second-order valence-electron chi connectivity index (χ2n) is 3.45. The van der Waals surface area contributed by atoms with E-state index in [1.54, 1.807) is 24.3 Å². The molecule has 0 aliphatic carbocycles. The van der Waals surface area contributed by atoms with Gasteiger partial charge in [-0.3, -0.25) is 0 Å². The summed E-state index contributed by atoms with van der Waals surface area (Å²) in [7, 11) is 1.33. The highest BCUT2D eigenvalue weighted by Crippen LogP contribution is 2.36. The average molecular weight is 291 g/mol. The number of carbonyl (C=O) groups is 1. The number of nitriles is 1. The van der Waals surface area contributed by atoms with Gasteiger partial charge in [0.15, 0.2) is 5.13 Å². The maximum Gasteiger partial charge on any atom is 0.337 e. The number of thioether (sulfide) groups is 1. The molecule has 2 rings (SSSR count). The van der Waals surface area contributed by atoms with Crippen molar-refractivity contribution in [2.75, 3.05) is 12.8 Å². The Bertz CT molecular complexity index is 644. The van der Waals surface area contributed by atoms with Crippen molar-refractivity contribution in [2.24, 2.45) is 0 Å². The first kappa shape index (κ1) is 13.4. The van der Waals surface area contributed by atoms with E-state index in [1.165, 1.54) is 18.4 Å². The van der Waals surface area contributed by atoms with E-state index in [0.717, 1.165) is 21.5 Å². The first-order valence-electron chi connectivity index (χ1n) is 5.16. The number of carbonyl (C=O) groups excluding carboxylic acids is 1. The monoisotopic (exact) mass is 291 g/mol. The summed E-state index contributed by atoms with van der Waals surface area (Å²) in [6.45, 7) is 0. The van der Waals surface area contributed by atoms with Crippen LogP contribution in [-0.4, -0.2) is 18.1 Å². The van der Waals surface area contributed by atoms with Crippen LogP contribution in [0.2, 0.25) is 0 Å². The van der Waals surface area contributed by atoms with Crippen LogP contribution in [0.4, 0.5) is 5.13 Å². The molecule has 1 aromatic carbocycles. The molecule has 96 valence electrons. The summed E-state index contributed by atoms with van der Waals surface area (Å²) >= 11 is 2.29. The molecular weight excluding hydrogens is 282 g/mol. The van der Waals surface area contributed by atoms with E-state index < -0.39 is 5.97 Å². The molecule has 0 saturated heterocycles. The minimum absolute atomic E-state index is 0.393. The van der Waals surface area contributed by atoms with Gasteiger partial charge in [-0.15, -0.1) is 0 Å². The number of methoxy groups -OCH3 is 1. The molecule has 0 bridgehead atoms. The van der Waals surface area contributed by atoms with E-state index in [2.05, 4.69) is 9.72 Å². The highest BCUT2D eigenvalue weighted by atomic mass is 32.2. The molecule has 2 aromatic rings. The molecule has 7 heteroatoms. The Morgan fingerprint density at radius 2 is 2.16 bits per heavy atom. The summed E-state index contributed by atoms with van der Waals surface area (Å²) in [6.07, 6.45) is 0. The van der Waals surface area contributed by atoms with Crippen molar-refractivity contribution < 1.29 is 9.53 Å². The van der Waals surface area contributed by atoms with Gasteiger partial charge in [0.1, 0.15) is 9.61 Å². The Hall–Kier alpha value is -2.04. The molecule has 0 aliphatic heterocycles. The van der Waals surface area contributed by atoms with Gasteiger partial charge >= 0.3 is 5.97 Å². The number of hydrogen-bond donors (Lipinski definition) is 1. The molecule has 5 nitrogen and oxygen atoms in total. The summed E-state index contributed by atoms with van der Waals surface area (Å²) in [5.41, 5.74) is 7.58. The number of thiocyanates is 1. The molecule has 0 saturated carbocycles. The Labute approximate surface area is 118 Å². The van der Waals surface area contributed by atoms with Gasteiger partial charge in [-0.05, 0) is 12.1 Å². The van der Waals surface area contributed by atoms with Crippen LogP contribution in [0.25, 0.3) is 11.3 Å². The second-order valence-corrected chi connectivity index (χ2v) is 5.53. The normalized spacial score (nSPS) is 9.89. The number of benzene rings is 1. The molecule has 1 aromatic heterocycles. The molecule has 0 unspecified atom stereocenters. The summed E-state index contributed by atoms with van der Waals surface area (Å²) in [6, 6.07) is 6.80. The summed E-state index contributed by atoms with van der Waals surface area (Å²) in [5.74, 6) is -0.393. The molecule has 19 heavy (non-hydrogen) atoms. The third kappa shape index (κ3) is 2.86. The fraction of sp³-hybridized carbons (Fsp3) is 0.0833. The van der Waals surface area contributed by atoms with E-state index in [-0.39, 0.29) is 0 Å². The van der Waals surface area contributed by atoms with Crippen molar-refractivity contribution in [2.45, 2.75) is 4.21 Å². The van der Waals surface area contributed by atoms with Gasteiger partial charge < -0.3 is 10.5 Å².